The first-order valence-corrected chi connectivity index (χ1v) is 8.25. The van der Waals surface area contributed by atoms with Crippen LogP contribution in [0.3, 0.4) is 0 Å². The zero-order chi connectivity index (χ0) is 16.7. The smallest absolute Gasteiger partial charge is 0.315 e. The van der Waals surface area contributed by atoms with Crippen LogP contribution in [0.4, 0.5) is 9.18 Å². The van der Waals surface area contributed by atoms with Crippen LogP contribution in [0.5, 0.6) is 0 Å². The molecule has 1 fully saturated rings. The van der Waals surface area contributed by atoms with Gasteiger partial charge in [0.25, 0.3) is 0 Å². The summed E-state index contributed by atoms with van der Waals surface area (Å²) in [5.74, 6) is -0.349. The van der Waals surface area contributed by atoms with E-state index in [0.717, 1.165) is 19.6 Å². The quantitative estimate of drug-likeness (QED) is 0.750. The number of urea groups is 1. The summed E-state index contributed by atoms with van der Waals surface area (Å²) in [5, 5.41) is 15.5. The average Bonchev–Trinajstić information content (AvgIpc) is 2.54. The maximum absolute atomic E-state index is 12.8. The highest BCUT2D eigenvalue weighted by atomic mass is 19.1. The molecule has 6 heteroatoms. The van der Waals surface area contributed by atoms with Crippen molar-refractivity contribution in [3.63, 3.8) is 0 Å². The highest BCUT2D eigenvalue weighted by Gasteiger charge is 2.15. The Morgan fingerprint density at radius 2 is 1.91 bits per heavy atom. The van der Waals surface area contributed by atoms with Gasteiger partial charge in [-0.05, 0) is 50.6 Å². The Kier molecular flexibility index (Phi) is 6.80. The van der Waals surface area contributed by atoms with Gasteiger partial charge >= 0.3 is 6.03 Å². The number of nitrogens with zero attached hydrogens (tertiary/aromatic N) is 1. The lowest BCUT2D eigenvalue weighted by Gasteiger charge is -2.29. The van der Waals surface area contributed by atoms with Crippen molar-refractivity contribution in [2.75, 3.05) is 26.2 Å². The van der Waals surface area contributed by atoms with Crippen LogP contribution in [0.15, 0.2) is 24.3 Å². The maximum Gasteiger partial charge on any atom is 0.315 e. The topological polar surface area (TPSA) is 64.6 Å². The summed E-state index contributed by atoms with van der Waals surface area (Å²) >= 11 is 0. The van der Waals surface area contributed by atoms with Gasteiger partial charge in [-0.2, -0.15) is 0 Å². The molecule has 23 heavy (non-hydrogen) atoms. The van der Waals surface area contributed by atoms with E-state index in [1.807, 2.05) is 6.92 Å². The van der Waals surface area contributed by atoms with Gasteiger partial charge in [-0.25, -0.2) is 9.18 Å². The Labute approximate surface area is 136 Å². The van der Waals surface area contributed by atoms with Gasteiger partial charge in [-0.15, -0.1) is 0 Å². The first-order chi connectivity index (χ1) is 11.0. The SMILES string of the molecule is CC(CN1CCCCC1)NC(=O)NCC(O)c1ccc(F)cc1. The predicted octanol–water partition coefficient (Wildman–Crippen LogP) is 2.03. The van der Waals surface area contributed by atoms with Crippen LogP contribution in [0, 0.1) is 5.82 Å². The van der Waals surface area contributed by atoms with Gasteiger partial charge < -0.3 is 20.6 Å². The molecule has 0 aliphatic carbocycles. The number of nitrogens with one attached hydrogen (secondary N) is 2. The maximum atomic E-state index is 12.8. The van der Waals surface area contributed by atoms with Gasteiger partial charge in [0.1, 0.15) is 5.82 Å². The Hall–Kier alpha value is -1.66. The zero-order valence-corrected chi connectivity index (χ0v) is 13.6. The number of aliphatic hydroxyl groups is 1. The molecule has 0 spiro atoms. The lowest BCUT2D eigenvalue weighted by Crippen LogP contribution is -2.47. The molecule has 2 atom stereocenters. The molecule has 0 bridgehead atoms. The van der Waals surface area contributed by atoms with E-state index in [4.69, 9.17) is 0 Å². The fourth-order valence-electron chi connectivity index (χ4n) is 2.84. The number of hydrogen-bond donors (Lipinski definition) is 3. The molecule has 2 unspecified atom stereocenters. The lowest BCUT2D eigenvalue weighted by atomic mass is 10.1. The second kappa shape index (κ2) is 8.84. The third-order valence-corrected chi connectivity index (χ3v) is 4.07. The summed E-state index contributed by atoms with van der Waals surface area (Å²) < 4.78 is 12.8. The van der Waals surface area contributed by atoms with Crippen molar-refractivity contribution in [2.24, 2.45) is 0 Å². The van der Waals surface area contributed by atoms with Crippen LogP contribution in [-0.2, 0) is 0 Å². The molecule has 2 rings (SSSR count). The van der Waals surface area contributed by atoms with E-state index in [0.29, 0.717) is 5.56 Å². The number of piperidine rings is 1. The number of amides is 2. The standard InChI is InChI=1S/C17H26FN3O2/c1-13(12-21-9-3-2-4-10-21)20-17(23)19-11-16(22)14-5-7-15(18)8-6-14/h5-8,13,16,22H,2-4,9-12H2,1H3,(H2,19,20,23). The number of rotatable bonds is 6. The predicted molar refractivity (Wildman–Crippen MR) is 87.6 cm³/mol. The molecule has 1 heterocycles. The van der Waals surface area contributed by atoms with E-state index in [1.165, 1.54) is 43.5 Å². The third-order valence-electron chi connectivity index (χ3n) is 4.07. The minimum absolute atomic E-state index is 0.0519. The van der Waals surface area contributed by atoms with E-state index in [1.54, 1.807) is 0 Å². The van der Waals surface area contributed by atoms with Crippen LogP contribution in [0.1, 0.15) is 37.9 Å². The molecule has 0 saturated carbocycles. The Morgan fingerprint density at radius 3 is 2.57 bits per heavy atom. The van der Waals surface area contributed by atoms with Gasteiger partial charge in [0, 0.05) is 19.1 Å². The van der Waals surface area contributed by atoms with Crippen LogP contribution < -0.4 is 10.6 Å². The molecular weight excluding hydrogens is 297 g/mol. The number of likely N-dealkylation sites (tertiary alicyclic amines) is 1. The first-order valence-electron chi connectivity index (χ1n) is 8.25. The first kappa shape index (κ1) is 17.7. The molecule has 1 aliphatic rings. The molecular formula is C17H26FN3O2. The van der Waals surface area contributed by atoms with Gasteiger partial charge in [-0.1, -0.05) is 18.6 Å². The molecule has 3 N–H and O–H groups in total. The molecule has 1 saturated heterocycles. The fraction of sp³-hybridized carbons (Fsp3) is 0.588. The zero-order valence-electron chi connectivity index (χ0n) is 13.6. The summed E-state index contributed by atoms with van der Waals surface area (Å²) in [4.78, 5) is 14.2. The van der Waals surface area contributed by atoms with Crippen LogP contribution in [0.25, 0.3) is 0 Å². The van der Waals surface area contributed by atoms with Crippen molar-refractivity contribution in [1.29, 1.82) is 0 Å². The van der Waals surface area contributed by atoms with Crippen molar-refractivity contribution >= 4 is 6.03 Å². The van der Waals surface area contributed by atoms with Gasteiger partial charge in [-0.3, -0.25) is 0 Å². The lowest BCUT2D eigenvalue weighted by molar-refractivity contribution is 0.170. The third kappa shape index (κ3) is 6.15. The number of aliphatic hydroxyl groups excluding tert-OH is 1. The summed E-state index contributed by atoms with van der Waals surface area (Å²) in [6.07, 6.45) is 2.89. The minimum Gasteiger partial charge on any atom is -0.387 e. The van der Waals surface area contributed by atoms with Crippen molar-refractivity contribution in [3.8, 4) is 0 Å². The normalized spacial score (nSPS) is 18.2. The number of halogens is 1. The average molecular weight is 323 g/mol. The van der Waals surface area contributed by atoms with E-state index in [-0.39, 0.29) is 24.4 Å². The molecule has 1 aromatic carbocycles. The van der Waals surface area contributed by atoms with E-state index in [2.05, 4.69) is 15.5 Å². The Morgan fingerprint density at radius 1 is 1.26 bits per heavy atom. The molecule has 2 amide bonds. The number of hydrogen-bond acceptors (Lipinski definition) is 3. The van der Waals surface area contributed by atoms with Crippen LogP contribution >= 0.6 is 0 Å². The number of carbonyl (C=O) groups is 1. The van der Waals surface area contributed by atoms with Crippen LogP contribution in [-0.4, -0.2) is 48.3 Å². The van der Waals surface area contributed by atoms with Crippen LogP contribution in [0.2, 0.25) is 0 Å². The van der Waals surface area contributed by atoms with Crippen molar-refractivity contribution < 1.29 is 14.3 Å². The summed E-state index contributed by atoms with van der Waals surface area (Å²) in [7, 11) is 0. The van der Waals surface area contributed by atoms with E-state index >= 15 is 0 Å². The molecule has 128 valence electrons. The van der Waals surface area contributed by atoms with E-state index in [9.17, 15) is 14.3 Å². The van der Waals surface area contributed by atoms with E-state index < -0.39 is 6.10 Å². The monoisotopic (exact) mass is 323 g/mol. The van der Waals surface area contributed by atoms with Gasteiger partial charge in [0.15, 0.2) is 0 Å². The number of carbonyl (C=O) groups excluding carboxylic acids is 1. The number of benzene rings is 1. The summed E-state index contributed by atoms with van der Waals surface area (Å²) in [6, 6.07) is 5.36. The second-order valence-corrected chi connectivity index (χ2v) is 6.18. The fourth-order valence-corrected chi connectivity index (χ4v) is 2.84. The highest BCUT2D eigenvalue weighted by Crippen LogP contribution is 2.12. The minimum atomic E-state index is -0.848. The van der Waals surface area contributed by atoms with Gasteiger partial charge in [0.2, 0.25) is 0 Å². The molecule has 1 aromatic rings. The molecule has 1 aliphatic heterocycles. The largest absolute Gasteiger partial charge is 0.387 e. The van der Waals surface area contributed by atoms with Crippen molar-refractivity contribution in [1.82, 2.24) is 15.5 Å². The van der Waals surface area contributed by atoms with Crippen molar-refractivity contribution in [3.05, 3.63) is 35.6 Å². The van der Waals surface area contributed by atoms with Gasteiger partial charge in [0.05, 0.1) is 6.10 Å². The molecule has 0 aromatic heterocycles. The second-order valence-electron chi connectivity index (χ2n) is 6.18. The Bertz CT molecular complexity index is 489. The molecule has 0 radical (unpaired) electrons. The highest BCUT2D eigenvalue weighted by molar-refractivity contribution is 5.74. The molecule has 5 nitrogen and oxygen atoms in total. The summed E-state index contributed by atoms with van der Waals surface area (Å²) in [6.45, 7) is 5.10. The summed E-state index contributed by atoms with van der Waals surface area (Å²) in [5.41, 5.74) is 0.577. The Balaban J connectivity index is 1.68. The van der Waals surface area contributed by atoms with Crippen molar-refractivity contribution in [2.45, 2.75) is 38.3 Å².